The van der Waals surface area contributed by atoms with Crippen molar-refractivity contribution in [3.05, 3.63) is 34.1 Å². The van der Waals surface area contributed by atoms with Crippen LogP contribution in [0.3, 0.4) is 0 Å². The number of likely N-dealkylation sites (N-methyl/N-ethyl adjacent to an activating group) is 1. The average molecular weight is 330 g/mol. The third kappa shape index (κ3) is 4.26. The van der Waals surface area contributed by atoms with Crippen molar-refractivity contribution in [3.63, 3.8) is 0 Å². The number of rotatable bonds is 5. The molecule has 0 bridgehead atoms. The van der Waals surface area contributed by atoms with Crippen LogP contribution < -0.4 is 5.32 Å². The molecular weight excluding hydrogens is 309 g/mol. The molecule has 2 unspecified atom stereocenters. The third-order valence-corrected chi connectivity index (χ3v) is 4.32. The molecule has 0 radical (unpaired) electrons. The lowest BCUT2D eigenvalue weighted by Gasteiger charge is -2.31. The van der Waals surface area contributed by atoms with Crippen LogP contribution in [0.5, 0.6) is 0 Å². The van der Waals surface area contributed by atoms with Gasteiger partial charge in [0.25, 0.3) is 0 Å². The lowest BCUT2D eigenvalue weighted by molar-refractivity contribution is -0.00712. The molecule has 2 rings (SSSR count). The SMILES string of the molecule is CCNC(Cc1ccc(F)cc1Br)C1CCCCO1. The van der Waals surface area contributed by atoms with E-state index in [1.807, 2.05) is 6.07 Å². The molecule has 1 aromatic rings. The second-order valence-corrected chi connectivity index (χ2v) is 5.86. The Morgan fingerprint density at radius 2 is 2.32 bits per heavy atom. The van der Waals surface area contributed by atoms with Gasteiger partial charge < -0.3 is 10.1 Å². The molecule has 1 heterocycles. The minimum absolute atomic E-state index is 0.204. The molecule has 2 nitrogen and oxygen atoms in total. The summed E-state index contributed by atoms with van der Waals surface area (Å²) in [4.78, 5) is 0. The molecule has 0 aliphatic carbocycles. The molecule has 106 valence electrons. The summed E-state index contributed by atoms with van der Waals surface area (Å²) >= 11 is 3.44. The van der Waals surface area contributed by atoms with Crippen molar-refractivity contribution in [1.29, 1.82) is 0 Å². The Hall–Kier alpha value is -0.450. The second kappa shape index (κ2) is 7.36. The summed E-state index contributed by atoms with van der Waals surface area (Å²) in [5.74, 6) is -0.204. The minimum Gasteiger partial charge on any atom is -0.377 e. The van der Waals surface area contributed by atoms with E-state index < -0.39 is 0 Å². The Labute approximate surface area is 122 Å². The van der Waals surface area contributed by atoms with Crippen molar-refractivity contribution >= 4 is 15.9 Å². The predicted octanol–water partition coefficient (Wildman–Crippen LogP) is 3.68. The Balaban J connectivity index is 2.06. The molecule has 0 aromatic heterocycles. The van der Waals surface area contributed by atoms with E-state index in [0.717, 1.165) is 42.5 Å². The van der Waals surface area contributed by atoms with Gasteiger partial charge in [-0.05, 0) is 49.9 Å². The van der Waals surface area contributed by atoms with Crippen LogP contribution >= 0.6 is 15.9 Å². The summed E-state index contributed by atoms with van der Waals surface area (Å²) in [6, 6.07) is 5.20. The van der Waals surface area contributed by atoms with Crippen LogP contribution in [-0.4, -0.2) is 25.3 Å². The average Bonchev–Trinajstić information content (AvgIpc) is 2.42. The van der Waals surface area contributed by atoms with E-state index in [2.05, 4.69) is 28.2 Å². The maximum absolute atomic E-state index is 13.1. The molecule has 1 fully saturated rings. The van der Waals surface area contributed by atoms with Gasteiger partial charge in [0.1, 0.15) is 5.82 Å². The normalized spacial score (nSPS) is 21.3. The number of benzene rings is 1. The first-order valence-corrected chi connectivity index (χ1v) is 7.79. The highest BCUT2D eigenvalue weighted by Gasteiger charge is 2.24. The zero-order valence-corrected chi connectivity index (χ0v) is 12.9. The van der Waals surface area contributed by atoms with Crippen molar-refractivity contribution in [2.45, 2.75) is 44.8 Å². The van der Waals surface area contributed by atoms with Gasteiger partial charge >= 0.3 is 0 Å². The molecule has 1 aliphatic heterocycles. The van der Waals surface area contributed by atoms with Gasteiger partial charge in [-0.2, -0.15) is 0 Å². The van der Waals surface area contributed by atoms with E-state index in [0.29, 0.717) is 6.04 Å². The van der Waals surface area contributed by atoms with Gasteiger partial charge in [0, 0.05) is 17.1 Å². The molecule has 2 atom stereocenters. The van der Waals surface area contributed by atoms with E-state index in [1.54, 1.807) is 0 Å². The molecule has 1 saturated heterocycles. The number of ether oxygens (including phenoxy) is 1. The highest BCUT2D eigenvalue weighted by molar-refractivity contribution is 9.10. The lowest BCUT2D eigenvalue weighted by Crippen LogP contribution is -2.44. The molecule has 0 spiro atoms. The van der Waals surface area contributed by atoms with Crippen LogP contribution in [0.25, 0.3) is 0 Å². The van der Waals surface area contributed by atoms with Crippen LogP contribution in [0.1, 0.15) is 31.7 Å². The maximum Gasteiger partial charge on any atom is 0.124 e. The highest BCUT2D eigenvalue weighted by atomic mass is 79.9. The number of hydrogen-bond donors (Lipinski definition) is 1. The first-order chi connectivity index (χ1) is 9.20. The van der Waals surface area contributed by atoms with Gasteiger partial charge in [-0.25, -0.2) is 4.39 Å². The molecule has 1 N–H and O–H groups in total. The smallest absolute Gasteiger partial charge is 0.124 e. The van der Waals surface area contributed by atoms with Crippen LogP contribution in [0.4, 0.5) is 4.39 Å². The molecule has 4 heteroatoms. The van der Waals surface area contributed by atoms with E-state index in [-0.39, 0.29) is 11.9 Å². The van der Waals surface area contributed by atoms with Crippen molar-refractivity contribution in [3.8, 4) is 0 Å². The zero-order valence-electron chi connectivity index (χ0n) is 11.3. The molecule has 1 aromatic carbocycles. The first kappa shape index (κ1) is 14.9. The Morgan fingerprint density at radius 1 is 1.47 bits per heavy atom. The first-order valence-electron chi connectivity index (χ1n) is 6.99. The molecule has 1 aliphatic rings. The fraction of sp³-hybridized carbons (Fsp3) is 0.600. The number of nitrogens with one attached hydrogen (secondary N) is 1. The monoisotopic (exact) mass is 329 g/mol. The summed E-state index contributed by atoms with van der Waals surface area (Å²) in [6.07, 6.45) is 4.63. The quantitative estimate of drug-likeness (QED) is 0.889. The van der Waals surface area contributed by atoms with Crippen LogP contribution in [0, 0.1) is 5.82 Å². The summed E-state index contributed by atoms with van der Waals surface area (Å²) < 4.78 is 19.8. The van der Waals surface area contributed by atoms with Gasteiger partial charge in [0.05, 0.1) is 6.10 Å². The van der Waals surface area contributed by atoms with E-state index in [4.69, 9.17) is 4.74 Å². The van der Waals surface area contributed by atoms with Gasteiger partial charge in [0.15, 0.2) is 0 Å². The Morgan fingerprint density at radius 3 is 2.95 bits per heavy atom. The van der Waals surface area contributed by atoms with Crippen molar-refractivity contribution < 1.29 is 9.13 Å². The molecular formula is C15H21BrFNO. The minimum atomic E-state index is -0.204. The second-order valence-electron chi connectivity index (χ2n) is 5.01. The van der Waals surface area contributed by atoms with Gasteiger partial charge in [-0.3, -0.25) is 0 Å². The fourth-order valence-corrected chi connectivity index (χ4v) is 3.12. The van der Waals surface area contributed by atoms with Crippen LogP contribution in [-0.2, 0) is 11.2 Å². The lowest BCUT2D eigenvalue weighted by atomic mass is 9.96. The third-order valence-electron chi connectivity index (χ3n) is 3.58. The van der Waals surface area contributed by atoms with Crippen LogP contribution in [0.15, 0.2) is 22.7 Å². The summed E-state index contributed by atoms with van der Waals surface area (Å²) in [5, 5.41) is 3.50. The van der Waals surface area contributed by atoms with E-state index >= 15 is 0 Å². The molecule has 0 amide bonds. The number of hydrogen-bond acceptors (Lipinski definition) is 2. The Bertz CT molecular complexity index is 407. The predicted molar refractivity (Wildman–Crippen MR) is 78.9 cm³/mol. The summed E-state index contributed by atoms with van der Waals surface area (Å²) in [7, 11) is 0. The van der Waals surface area contributed by atoms with Gasteiger partial charge in [0.2, 0.25) is 0 Å². The van der Waals surface area contributed by atoms with E-state index in [9.17, 15) is 4.39 Å². The summed E-state index contributed by atoms with van der Waals surface area (Å²) in [6.45, 7) is 3.88. The molecule has 0 saturated carbocycles. The Kier molecular flexibility index (Phi) is 5.79. The zero-order chi connectivity index (χ0) is 13.7. The number of halogens is 2. The van der Waals surface area contributed by atoms with Crippen molar-refractivity contribution in [2.24, 2.45) is 0 Å². The summed E-state index contributed by atoms with van der Waals surface area (Å²) in [5.41, 5.74) is 1.13. The maximum atomic E-state index is 13.1. The van der Waals surface area contributed by atoms with E-state index in [1.165, 1.54) is 18.6 Å². The van der Waals surface area contributed by atoms with Crippen LogP contribution in [0.2, 0.25) is 0 Å². The highest BCUT2D eigenvalue weighted by Crippen LogP contribution is 2.23. The largest absolute Gasteiger partial charge is 0.377 e. The van der Waals surface area contributed by atoms with Crippen molar-refractivity contribution in [2.75, 3.05) is 13.2 Å². The topological polar surface area (TPSA) is 21.3 Å². The van der Waals surface area contributed by atoms with Gasteiger partial charge in [-0.15, -0.1) is 0 Å². The van der Waals surface area contributed by atoms with Gasteiger partial charge in [-0.1, -0.05) is 28.9 Å². The standard InChI is InChI=1S/C15H21BrFNO/c1-2-18-14(15-5-3-4-8-19-15)9-11-6-7-12(17)10-13(11)16/h6-7,10,14-15,18H,2-5,8-9H2,1H3. The molecule has 19 heavy (non-hydrogen) atoms. The van der Waals surface area contributed by atoms with Crippen molar-refractivity contribution in [1.82, 2.24) is 5.32 Å². The fourth-order valence-electron chi connectivity index (χ4n) is 2.60.